The molecule has 1 N–H and O–H groups in total. The summed E-state index contributed by atoms with van der Waals surface area (Å²) in [6.07, 6.45) is -0.0267. The minimum Gasteiger partial charge on any atom is -0.496 e. The molecule has 24 heavy (non-hydrogen) atoms. The molecule has 0 fully saturated rings. The third-order valence-corrected chi connectivity index (χ3v) is 3.88. The zero-order valence-electron chi connectivity index (χ0n) is 13.4. The quantitative estimate of drug-likeness (QED) is 0.813. The lowest BCUT2D eigenvalue weighted by atomic mass is 10.0. The molecule has 0 aliphatic carbocycles. The lowest BCUT2D eigenvalue weighted by Gasteiger charge is -2.20. The second kappa shape index (κ2) is 8.36. The number of nitrogens with one attached hydrogen (secondary N) is 1. The van der Waals surface area contributed by atoms with E-state index in [1.807, 2.05) is 0 Å². The van der Waals surface area contributed by atoms with E-state index < -0.39 is 12.0 Å². The van der Waals surface area contributed by atoms with E-state index in [2.05, 4.69) is 5.32 Å². The molecule has 0 aliphatic rings. The number of hydrogen-bond acceptors (Lipinski definition) is 4. The minimum atomic E-state index is -0.608. The number of benzene rings is 2. The van der Waals surface area contributed by atoms with Crippen LogP contribution in [0, 0.1) is 0 Å². The zero-order valence-corrected chi connectivity index (χ0v) is 14.2. The number of para-hydroxylation sites is 1. The number of esters is 1. The Hall–Kier alpha value is -2.53. The summed E-state index contributed by atoms with van der Waals surface area (Å²) in [4.78, 5) is 24.3. The van der Waals surface area contributed by atoms with Crippen molar-refractivity contribution in [3.05, 3.63) is 64.7 Å². The first-order valence-electron chi connectivity index (χ1n) is 7.32. The number of methoxy groups -OCH3 is 2. The molecule has 0 spiro atoms. The molecule has 0 radical (unpaired) electrons. The number of amides is 1. The second-order valence-electron chi connectivity index (χ2n) is 5.03. The van der Waals surface area contributed by atoms with E-state index in [-0.39, 0.29) is 12.3 Å². The average Bonchev–Trinajstić information content (AvgIpc) is 2.61. The standard InChI is InChI=1S/C18H18ClNO4/c1-23-16-10-6-4-8-13(16)18(22)20-15(11-17(21)24-2)12-7-3-5-9-14(12)19/h3-10,15H,11H2,1-2H3,(H,20,22). The zero-order chi connectivity index (χ0) is 17.5. The highest BCUT2D eigenvalue weighted by Crippen LogP contribution is 2.26. The lowest BCUT2D eigenvalue weighted by Crippen LogP contribution is -2.31. The Kier molecular flexibility index (Phi) is 6.21. The highest BCUT2D eigenvalue weighted by atomic mass is 35.5. The van der Waals surface area contributed by atoms with Crippen LogP contribution in [0.25, 0.3) is 0 Å². The van der Waals surface area contributed by atoms with Gasteiger partial charge in [-0.3, -0.25) is 9.59 Å². The van der Waals surface area contributed by atoms with Gasteiger partial charge < -0.3 is 14.8 Å². The van der Waals surface area contributed by atoms with Gasteiger partial charge in [-0.1, -0.05) is 41.9 Å². The van der Waals surface area contributed by atoms with Crippen LogP contribution in [-0.4, -0.2) is 26.1 Å². The van der Waals surface area contributed by atoms with Crippen LogP contribution in [0.4, 0.5) is 0 Å². The van der Waals surface area contributed by atoms with Gasteiger partial charge in [-0.15, -0.1) is 0 Å². The van der Waals surface area contributed by atoms with Crippen LogP contribution in [0.5, 0.6) is 5.75 Å². The van der Waals surface area contributed by atoms with Crippen LogP contribution in [0.15, 0.2) is 48.5 Å². The predicted molar refractivity (Wildman–Crippen MR) is 91.3 cm³/mol. The maximum absolute atomic E-state index is 12.6. The van der Waals surface area contributed by atoms with Crippen LogP contribution >= 0.6 is 11.6 Å². The molecule has 0 bridgehead atoms. The van der Waals surface area contributed by atoms with Gasteiger partial charge in [0.25, 0.3) is 5.91 Å². The summed E-state index contributed by atoms with van der Waals surface area (Å²) in [5, 5.41) is 3.29. The van der Waals surface area contributed by atoms with Gasteiger partial charge in [0.2, 0.25) is 0 Å². The average molecular weight is 348 g/mol. The Morgan fingerprint density at radius 1 is 1.08 bits per heavy atom. The van der Waals surface area contributed by atoms with Crippen LogP contribution in [-0.2, 0) is 9.53 Å². The summed E-state index contributed by atoms with van der Waals surface area (Å²) in [7, 11) is 2.79. The van der Waals surface area contributed by atoms with Crippen LogP contribution in [0.2, 0.25) is 5.02 Å². The van der Waals surface area contributed by atoms with Crippen molar-refractivity contribution in [3.63, 3.8) is 0 Å². The Balaban J connectivity index is 2.29. The largest absolute Gasteiger partial charge is 0.496 e. The van der Waals surface area contributed by atoms with Gasteiger partial charge >= 0.3 is 5.97 Å². The number of halogens is 1. The Bertz CT molecular complexity index is 732. The third-order valence-electron chi connectivity index (χ3n) is 3.54. The van der Waals surface area contributed by atoms with Crippen molar-refractivity contribution in [1.82, 2.24) is 5.32 Å². The molecule has 0 saturated carbocycles. The molecule has 1 atom stereocenters. The molecule has 2 aromatic carbocycles. The van der Waals surface area contributed by atoms with Gasteiger partial charge in [-0.2, -0.15) is 0 Å². The number of carbonyl (C=O) groups is 2. The first kappa shape index (κ1) is 17.8. The van der Waals surface area contributed by atoms with E-state index in [0.29, 0.717) is 21.9 Å². The van der Waals surface area contributed by atoms with Gasteiger partial charge in [-0.05, 0) is 23.8 Å². The molecule has 0 saturated heterocycles. The topological polar surface area (TPSA) is 64.6 Å². The Labute approximate surface area is 145 Å². The molecular weight excluding hydrogens is 330 g/mol. The first-order valence-corrected chi connectivity index (χ1v) is 7.69. The van der Waals surface area contributed by atoms with Gasteiger partial charge in [0.1, 0.15) is 5.75 Å². The van der Waals surface area contributed by atoms with Crippen LogP contribution in [0.1, 0.15) is 28.4 Å². The summed E-state index contributed by atoms with van der Waals surface area (Å²) < 4.78 is 9.92. The molecular formula is C18H18ClNO4. The van der Waals surface area contributed by atoms with Gasteiger partial charge in [0.15, 0.2) is 0 Å². The van der Waals surface area contributed by atoms with Crippen LogP contribution in [0.3, 0.4) is 0 Å². The summed E-state index contributed by atoms with van der Waals surface area (Å²) >= 11 is 6.21. The van der Waals surface area contributed by atoms with Gasteiger partial charge in [0.05, 0.1) is 32.2 Å². The van der Waals surface area contributed by atoms with Crippen molar-refractivity contribution in [2.75, 3.05) is 14.2 Å². The van der Waals surface area contributed by atoms with E-state index in [1.54, 1.807) is 48.5 Å². The number of ether oxygens (including phenoxy) is 2. The summed E-state index contributed by atoms with van der Waals surface area (Å²) in [6, 6.07) is 13.3. The van der Waals surface area contributed by atoms with Crippen molar-refractivity contribution in [2.45, 2.75) is 12.5 Å². The van der Waals surface area contributed by atoms with E-state index in [9.17, 15) is 9.59 Å². The fraction of sp³-hybridized carbons (Fsp3) is 0.222. The summed E-state index contributed by atoms with van der Waals surface area (Å²) in [6.45, 7) is 0. The van der Waals surface area contributed by atoms with E-state index in [0.717, 1.165) is 0 Å². The number of hydrogen-bond donors (Lipinski definition) is 1. The van der Waals surface area contributed by atoms with E-state index >= 15 is 0 Å². The maximum atomic E-state index is 12.6. The first-order chi connectivity index (χ1) is 11.6. The van der Waals surface area contributed by atoms with E-state index in [4.69, 9.17) is 21.1 Å². The van der Waals surface area contributed by atoms with Crippen molar-refractivity contribution >= 4 is 23.5 Å². The summed E-state index contributed by atoms with van der Waals surface area (Å²) in [5.74, 6) is -0.354. The Morgan fingerprint density at radius 2 is 1.75 bits per heavy atom. The molecule has 6 heteroatoms. The van der Waals surface area contributed by atoms with E-state index in [1.165, 1.54) is 14.2 Å². The molecule has 0 aromatic heterocycles. The monoisotopic (exact) mass is 347 g/mol. The molecule has 2 rings (SSSR count). The fourth-order valence-corrected chi connectivity index (χ4v) is 2.58. The maximum Gasteiger partial charge on any atom is 0.307 e. The minimum absolute atomic E-state index is 0.0267. The molecule has 126 valence electrons. The SMILES string of the molecule is COC(=O)CC(NC(=O)c1ccccc1OC)c1ccccc1Cl. The Morgan fingerprint density at radius 3 is 2.42 bits per heavy atom. The lowest BCUT2D eigenvalue weighted by molar-refractivity contribution is -0.141. The third kappa shape index (κ3) is 4.26. The fourth-order valence-electron chi connectivity index (χ4n) is 2.31. The predicted octanol–water partition coefficient (Wildman–Crippen LogP) is 3.38. The molecule has 0 heterocycles. The highest BCUT2D eigenvalue weighted by molar-refractivity contribution is 6.31. The van der Waals surface area contributed by atoms with Crippen molar-refractivity contribution in [3.8, 4) is 5.75 Å². The van der Waals surface area contributed by atoms with Gasteiger partial charge in [-0.25, -0.2) is 0 Å². The normalized spacial score (nSPS) is 11.5. The molecule has 2 aromatic rings. The van der Waals surface area contributed by atoms with Crippen LogP contribution < -0.4 is 10.1 Å². The number of rotatable bonds is 6. The smallest absolute Gasteiger partial charge is 0.307 e. The van der Waals surface area contributed by atoms with Crippen molar-refractivity contribution < 1.29 is 19.1 Å². The van der Waals surface area contributed by atoms with Crippen molar-refractivity contribution in [1.29, 1.82) is 0 Å². The number of carbonyl (C=O) groups excluding carboxylic acids is 2. The molecule has 1 amide bonds. The highest BCUT2D eigenvalue weighted by Gasteiger charge is 2.22. The molecule has 5 nitrogen and oxygen atoms in total. The molecule has 0 aliphatic heterocycles. The van der Waals surface area contributed by atoms with Crippen molar-refractivity contribution in [2.24, 2.45) is 0 Å². The molecule has 1 unspecified atom stereocenters. The van der Waals surface area contributed by atoms with Gasteiger partial charge in [0, 0.05) is 5.02 Å². The second-order valence-corrected chi connectivity index (χ2v) is 5.44. The summed E-state index contributed by atoms with van der Waals surface area (Å²) in [5.41, 5.74) is 1.02.